The first-order valence-corrected chi connectivity index (χ1v) is 7.56. The molecule has 0 fully saturated rings. The third-order valence-corrected chi connectivity index (χ3v) is 3.53. The number of benzene rings is 1. The number of hydrogen-bond acceptors (Lipinski definition) is 5. The number of aromatic amines is 1. The highest BCUT2D eigenvalue weighted by atomic mass is 16.5. The van der Waals surface area contributed by atoms with Gasteiger partial charge < -0.3 is 15.0 Å². The van der Waals surface area contributed by atoms with Gasteiger partial charge in [0.15, 0.2) is 0 Å². The Hall–Kier alpha value is -3.74. The number of imidazole rings is 1. The third-order valence-electron chi connectivity index (χ3n) is 3.53. The molecule has 0 spiro atoms. The van der Waals surface area contributed by atoms with Crippen LogP contribution in [0.3, 0.4) is 0 Å². The van der Waals surface area contributed by atoms with Crippen molar-refractivity contribution in [3.63, 3.8) is 0 Å². The van der Waals surface area contributed by atoms with Gasteiger partial charge >= 0.3 is 0 Å². The molecule has 3 heterocycles. The van der Waals surface area contributed by atoms with E-state index < -0.39 is 0 Å². The minimum absolute atomic E-state index is 0.223. The zero-order valence-electron chi connectivity index (χ0n) is 13.0. The summed E-state index contributed by atoms with van der Waals surface area (Å²) >= 11 is 0. The average Bonchev–Trinajstić information content (AvgIpc) is 3.12. The Balaban J connectivity index is 1.46. The number of rotatable bonds is 4. The zero-order valence-corrected chi connectivity index (χ0v) is 13.0. The largest absolute Gasteiger partial charge is 0.437 e. The summed E-state index contributed by atoms with van der Waals surface area (Å²) in [5.74, 6) is 0.795. The van der Waals surface area contributed by atoms with Crippen molar-refractivity contribution in [3.05, 3.63) is 72.9 Å². The number of amides is 1. The van der Waals surface area contributed by atoms with Crippen LogP contribution >= 0.6 is 0 Å². The molecule has 0 unspecified atom stereocenters. The monoisotopic (exact) mass is 331 g/mol. The fourth-order valence-corrected chi connectivity index (χ4v) is 2.32. The molecular weight excluding hydrogens is 318 g/mol. The van der Waals surface area contributed by atoms with Crippen LogP contribution in [-0.4, -0.2) is 25.8 Å². The van der Waals surface area contributed by atoms with Crippen molar-refractivity contribution in [3.8, 4) is 11.6 Å². The standard InChI is InChI=1S/C18H13N5O2/c24-18(12-3-5-15-16(8-12)22-11-21-15)23-13-4-6-17(20-9-13)25-14-2-1-7-19-10-14/h1-11H,(H,21,22)(H,23,24). The molecule has 0 atom stereocenters. The Morgan fingerprint density at radius 1 is 1.08 bits per heavy atom. The number of H-pyrrole nitrogens is 1. The molecule has 7 heteroatoms. The maximum absolute atomic E-state index is 12.3. The predicted molar refractivity (Wildman–Crippen MR) is 92.6 cm³/mol. The number of anilines is 1. The molecule has 0 bridgehead atoms. The second-order valence-corrected chi connectivity index (χ2v) is 5.26. The Bertz CT molecular complexity index is 1010. The lowest BCUT2D eigenvalue weighted by Gasteiger charge is -2.07. The van der Waals surface area contributed by atoms with Crippen LogP contribution in [-0.2, 0) is 0 Å². The number of pyridine rings is 2. The molecule has 7 nitrogen and oxygen atoms in total. The summed E-state index contributed by atoms with van der Waals surface area (Å²) in [6.45, 7) is 0. The summed E-state index contributed by atoms with van der Waals surface area (Å²) < 4.78 is 5.56. The van der Waals surface area contributed by atoms with Gasteiger partial charge in [0.25, 0.3) is 5.91 Å². The van der Waals surface area contributed by atoms with Crippen LogP contribution in [0.4, 0.5) is 5.69 Å². The lowest BCUT2D eigenvalue weighted by molar-refractivity contribution is 0.102. The zero-order chi connectivity index (χ0) is 17.1. The molecule has 0 aliphatic rings. The fraction of sp³-hybridized carbons (Fsp3) is 0. The number of carbonyl (C=O) groups is 1. The molecule has 0 aliphatic heterocycles. The first-order valence-electron chi connectivity index (χ1n) is 7.56. The molecule has 4 rings (SSSR count). The van der Waals surface area contributed by atoms with Crippen LogP contribution in [0.1, 0.15) is 10.4 Å². The third kappa shape index (κ3) is 3.30. The van der Waals surface area contributed by atoms with Crippen molar-refractivity contribution in [2.45, 2.75) is 0 Å². The van der Waals surface area contributed by atoms with Gasteiger partial charge in [-0.25, -0.2) is 9.97 Å². The van der Waals surface area contributed by atoms with Gasteiger partial charge in [-0.1, -0.05) is 0 Å². The van der Waals surface area contributed by atoms with Gasteiger partial charge in [0.1, 0.15) is 5.75 Å². The summed E-state index contributed by atoms with van der Waals surface area (Å²) in [7, 11) is 0. The molecule has 0 saturated heterocycles. The topological polar surface area (TPSA) is 92.8 Å². The van der Waals surface area contributed by atoms with E-state index in [1.54, 1.807) is 67.4 Å². The molecule has 0 radical (unpaired) electrons. The van der Waals surface area contributed by atoms with E-state index in [0.29, 0.717) is 22.9 Å². The smallest absolute Gasteiger partial charge is 0.255 e. The lowest BCUT2D eigenvalue weighted by Crippen LogP contribution is -2.11. The fourth-order valence-electron chi connectivity index (χ4n) is 2.32. The summed E-state index contributed by atoms with van der Waals surface area (Å²) in [6.07, 6.45) is 6.40. The van der Waals surface area contributed by atoms with E-state index in [-0.39, 0.29) is 5.91 Å². The quantitative estimate of drug-likeness (QED) is 0.598. The van der Waals surface area contributed by atoms with E-state index in [1.807, 2.05) is 0 Å². The van der Waals surface area contributed by atoms with Gasteiger partial charge in [0.05, 0.1) is 35.4 Å². The van der Waals surface area contributed by atoms with Crippen molar-refractivity contribution in [2.75, 3.05) is 5.32 Å². The van der Waals surface area contributed by atoms with Gasteiger partial charge in [0.2, 0.25) is 5.88 Å². The van der Waals surface area contributed by atoms with Crippen LogP contribution in [0.2, 0.25) is 0 Å². The molecule has 122 valence electrons. The van der Waals surface area contributed by atoms with E-state index in [1.165, 1.54) is 0 Å². The number of aromatic nitrogens is 4. The normalized spacial score (nSPS) is 10.6. The maximum atomic E-state index is 12.3. The van der Waals surface area contributed by atoms with Crippen LogP contribution < -0.4 is 10.1 Å². The van der Waals surface area contributed by atoms with Crippen LogP contribution in [0.5, 0.6) is 11.6 Å². The van der Waals surface area contributed by atoms with E-state index in [9.17, 15) is 4.79 Å². The van der Waals surface area contributed by atoms with Crippen molar-refractivity contribution in [1.29, 1.82) is 0 Å². The predicted octanol–water partition coefficient (Wildman–Crippen LogP) is 3.40. The Morgan fingerprint density at radius 2 is 2.04 bits per heavy atom. The van der Waals surface area contributed by atoms with Crippen LogP contribution in [0.15, 0.2) is 67.4 Å². The van der Waals surface area contributed by atoms with Gasteiger partial charge in [-0.15, -0.1) is 0 Å². The van der Waals surface area contributed by atoms with E-state index in [2.05, 4.69) is 25.3 Å². The molecule has 1 aromatic carbocycles. The highest BCUT2D eigenvalue weighted by Crippen LogP contribution is 2.20. The molecule has 3 aromatic heterocycles. The Morgan fingerprint density at radius 3 is 2.84 bits per heavy atom. The number of hydrogen-bond donors (Lipinski definition) is 2. The molecule has 1 amide bonds. The van der Waals surface area contributed by atoms with E-state index >= 15 is 0 Å². The average molecular weight is 331 g/mol. The molecule has 4 aromatic rings. The minimum Gasteiger partial charge on any atom is -0.437 e. The second-order valence-electron chi connectivity index (χ2n) is 5.26. The van der Waals surface area contributed by atoms with Crippen LogP contribution in [0.25, 0.3) is 11.0 Å². The van der Waals surface area contributed by atoms with Crippen molar-refractivity contribution >= 4 is 22.6 Å². The van der Waals surface area contributed by atoms with Crippen molar-refractivity contribution in [1.82, 2.24) is 19.9 Å². The minimum atomic E-state index is -0.223. The Labute approximate surface area is 142 Å². The van der Waals surface area contributed by atoms with Gasteiger partial charge in [-0.05, 0) is 36.4 Å². The molecule has 0 saturated carbocycles. The van der Waals surface area contributed by atoms with Gasteiger partial charge in [-0.2, -0.15) is 0 Å². The first kappa shape index (κ1) is 14.8. The van der Waals surface area contributed by atoms with Crippen molar-refractivity contribution < 1.29 is 9.53 Å². The summed E-state index contributed by atoms with van der Waals surface area (Å²) in [4.78, 5) is 27.6. The number of nitrogens with zero attached hydrogens (tertiary/aromatic N) is 3. The SMILES string of the molecule is O=C(Nc1ccc(Oc2cccnc2)nc1)c1ccc2nc[nH]c2c1. The molecule has 2 N–H and O–H groups in total. The van der Waals surface area contributed by atoms with Gasteiger partial charge in [0, 0.05) is 17.8 Å². The first-order chi connectivity index (χ1) is 12.3. The number of fused-ring (bicyclic) bond motifs is 1. The number of nitrogens with one attached hydrogen (secondary N) is 2. The van der Waals surface area contributed by atoms with Crippen LogP contribution in [0, 0.1) is 0 Å². The number of ether oxygens (including phenoxy) is 1. The summed E-state index contributed by atoms with van der Waals surface area (Å²) in [5.41, 5.74) is 2.74. The number of carbonyl (C=O) groups excluding carboxylic acids is 1. The summed E-state index contributed by atoms with van der Waals surface area (Å²) in [5, 5.41) is 2.80. The van der Waals surface area contributed by atoms with E-state index in [0.717, 1.165) is 11.0 Å². The van der Waals surface area contributed by atoms with E-state index in [4.69, 9.17) is 4.74 Å². The Kier molecular flexibility index (Phi) is 3.80. The lowest BCUT2D eigenvalue weighted by atomic mass is 10.2. The molecular formula is C18H13N5O2. The van der Waals surface area contributed by atoms with Crippen molar-refractivity contribution in [2.24, 2.45) is 0 Å². The maximum Gasteiger partial charge on any atom is 0.255 e. The van der Waals surface area contributed by atoms with Gasteiger partial charge in [-0.3, -0.25) is 9.78 Å². The highest BCUT2D eigenvalue weighted by Gasteiger charge is 2.08. The molecule has 0 aliphatic carbocycles. The summed E-state index contributed by atoms with van der Waals surface area (Å²) in [6, 6.07) is 12.3. The second kappa shape index (κ2) is 6.40. The molecule has 25 heavy (non-hydrogen) atoms. The highest BCUT2D eigenvalue weighted by molar-refractivity contribution is 6.05.